The first-order valence-electron chi connectivity index (χ1n) is 12.5. The Balaban J connectivity index is 0.000000157. The minimum absolute atomic E-state index is 0. The molecule has 0 spiro atoms. The van der Waals surface area contributed by atoms with Crippen LogP contribution in [0, 0.1) is 6.92 Å². The van der Waals surface area contributed by atoms with Gasteiger partial charge in [-0.15, -0.1) is 75.1 Å². The summed E-state index contributed by atoms with van der Waals surface area (Å²) in [6, 6.07) is 41.7. The van der Waals surface area contributed by atoms with Crippen molar-refractivity contribution in [2.24, 2.45) is 0 Å². The molecule has 0 unspecified atom stereocenters. The summed E-state index contributed by atoms with van der Waals surface area (Å²) in [5.41, 5.74) is 6.46. The van der Waals surface area contributed by atoms with E-state index in [1.165, 1.54) is 43.8 Å². The Kier molecular flexibility index (Phi) is 11.5. The van der Waals surface area contributed by atoms with Crippen molar-refractivity contribution < 1.29 is 45.3 Å². The zero-order valence-corrected chi connectivity index (χ0v) is 27.0. The van der Waals surface area contributed by atoms with Gasteiger partial charge in [0.15, 0.2) is 0 Å². The molecule has 186 valence electrons. The molecule has 36 heavy (non-hydrogen) atoms. The third kappa shape index (κ3) is 7.20. The van der Waals surface area contributed by atoms with Gasteiger partial charge in [0, 0.05) is 0 Å². The van der Waals surface area contributed by atoms with Crippen molar-refractivity contribution in [2.45, 2.75) is 44.4 Å². The summed E-state index contributed by atoms with van der Waals surface area (Å²) < 4.78 is 0. The van der Waals surface area contributed by atoms with E-state index in [1.54, 1.807) is 24.2 Å². The fourth-order valence-corrected chi connectivity index (χ4v) is 47.5. The molecule has 7 rings (SSSR count). The van der Waals surface area contributed by atoms with Crippen LogP contribution in [0.2, 0.25) is 24.2 Å². The van der Waals surface area contributed by atoms with Crippen LogP contribution in [0.4, 0.5) is 0 Å². The van der Waals surface area contributed by atoms with Crippen LogP contribution in [0.1, 0.15) is 18.1 Å². The predicted octanol–water partition coefficient (Wildman–Crippen LogP) is 2.74. The molecule has 0 saturated heterocycles. The Labute approximate surface area is 239 Å². The number of aryl methyl sites for hydroxylation is 2. The molecule has 2 heterocycles. The Morgan fingerprint density at radius 1 is 0.722 bits per heavy atom. The molecule has 0 fully saturated rings. The van der Waals surface area contributed by atoms with Crippen molar-refractivity contribution in [3.63, 3.8) is 0 Å². The normalized spacial score (nSPS) is 12.9. The monoisotopic (exact) mass is 620 g/mol. The maximum absolute atomic E-state index is 2.26. The number of rotatable bonds is 2. The summed E-state index contributed by atoms with van der Waals surface area (Å²) in [5.74, 6) is 0. The van der Waals surface area contributed by atoms with Gasteiger partial charge in [-0.1, -0.05) is 61.9 Å². The van der Waals surface area contributed by atoms with Crippen LogP contribution < -0.4 is 24.8 Å². The van der Waals surface area contributed by atoms with Gasteiger partial charge in [0.25, 0.3) is 0 Å². The molecule has 0 radical (unpaired) electrons. The van der Waals surface area contributed by atoms with Crippen LogP contribution in [0.3, 0.4) is 0 Å². The molecule has 5 aromatic carbocycles. The third-order valence-corrected chi connectivity index (χ3v) is 37.1. The minimum atomic E-state index is 0. The Morgan fingerprint density at radius 3 is 1.97 bits per heavy atom. The van der Waals surface area contributed by atoms with E-state index >= 15 is 0 Å². The number of hydrogen-bond donors (Lipinski definition) is 0. The third-order valence-electron chi connectivity index (χ3n) is 6.88. The van der Waals surface area contributed by atoms with E-state index in [0.717, 1.165) is 6.42 Å². The SMILES string of the molecule is C1C[Si]2=[Zr]=[Si]1CC2.CCc1cc2ccccc2[cH-]1.Cc1cc2c(-c3ccccc3)cccc2[cH-]1.[Cl-].[Cl-]. The summed E-state index contributed by atoms with van der Waals surface area (Å²) in [6.45, 7) is 4.34. The molecular formula is C31H32Cl2Si2Zr-4. The standard InChI is InChI=1S/C16H13.C11H11.C4H8Si2.2ClH.Zr/c1-12-10-14-8-5-9-15(16(14)11-12)13-6-3-2-4-7-13;1-2-9-7-10-5-3-4-6-11(10)8-9;1-2-6-4-3-5-1;;;/h2-11H,1H3;3-8H,2H2,1H3;1-4H2;2*1H;/q2*-1;;;;/p-2. The van der Waals surface area contributed by atoms with Gasteiger partial charge < -0.3 is 24.8 Å². The first-order valence-corrected chi connectivity index (χ1v) is 23.7. The van der Waals surface area contributed by atoms with E-state index in [0.29, 0.717) is 31.3 Å². The number of halogens is 2. The summed E-state index contributed by atoms with van der Waals surface area (Å²) in [7, 11) is 0. The quantitative estimate of drug-likeness (QED) is 0.210. The van der Waals surface area contributed by atoms with Crippen molar-refractivity contribution in [3.05, 3.63) is 108 Å². The molecule has 2 aliphatic rings. The molecule has 0 amide bonds. The van der Waals surface area contributed by atoms with Gasteiger partial charge in [0.2, 0.25) is 0 Å². The van der Waals surface area contributed by atoms with Crippen molar-refractivity contribution in [1.29, 1.82) is 0 Å². The Morgan fingerprint density at radius 2 is 1.36 bits per heavy atom. The molecule has 5 heteroatoms. The molecule has 2 aliphatic heterocycles. The van der Waals surface area contributed by atoms with Crippen molar-refractivity contribution in [2.75, 3.05) is 0 Å². The van der Waals surface area contributed by atoms with Gasteiger partial charge in [0.1, 0.15) is 0 Å². The largest absolute Gasteiger partial charge is 1.00 e. The van der Waals surface area contributed by atoms with E-state index in [1.807, 2.05) is 0 Å². The van der Waals surface area contributed by atoms with Crippen LogP contribution in [-0.4, -0.2) is 10.9 Å². The number of benzene rings is 3. The van der Waals surface area contributed by atoms with Crippen molar-refractivity contribution in [3.8, 4) is 11.1 Å². The smallest absolute Gasteiger partial charge is 0.0279 e. The van der Waals surface area contributed by atoms with Crippen LogP contribution in [-0.2, 0) is 26.9 Å². The van der Waals surface area contributed by atoms with Crippen LogP contribution in [0.25, 0.3) is 32.7 Å². The van der Waals surface area contributed by atoms with Crippen LogP contribution in [0.15, 0.2) is 97.1 Å². The van der Waals surface area contributed by atoms with Crippen LogP contribution in [0.5, 0.6) is 0 Å². The van der Waals surface area contributed by atoms with Gasteiger partial charge in [-0.05, 0) is 12.0 Å². The molecule has 2 bridgehead atoms. The summed E-state index contributed by atoms with van der Waals surface area (Å²) in [6.07, 6.45) is 1.13. The molecule has 0 aliphatic carbocycles. The van der Waals surface area contributed by atoms with E-state index in [-0.39, 0.29) is 24.8 Å². The average molecular weight is 623 g/mol. The summed E-state index contributed by atoms with van der Waals surface area (Å²) in [5, 5.41) is 5.42. The second-order valence-electron chi connectivity index (χ2n) is 9.39. The summed E-state index contributed by atoms with van der Waals surface area (Å²) >= 11 is 0.465. The average Bonchev–Trinajstić information content (AvgIpc) is 3.68. The molecule has 0 nitrogen and oxygen atoms in total. The molecule has 0 N–H and O–H groups in total. The molecule has 0 saturated carbocycles. The van der Waals surface area contributed by atoms with E-state index in [9.17, 15) is 0 Å². The summed E-state index contributed by atoms with van der Waals surface area (Å²) in [4.78, 5) is 0. The second-order valence-corrected chi connectivity index (χ2v) is 30.8. The topological polar surface area (TPSA) is 0 Å². The van der Waals surface area contributed by atoms with Crippen molar-refractivity contribution >= 4 is 32.4 Å². The van der Waals surface area contributed by atoms with E-state index < -0.39 is 0 Å². The van der Waals surface area contributed by atoms with Gasteiger partial charge in [0.05, 0.1) is 0 Å². The maximum Gasteiger partial charge on any atom is -0.0279 e. The fourth-order valence-electron chi connectivity index (χ4n) is 5.03. The molecular weight excluding hydrogens is 591 g/mol. The minimum Gasteiger partial charge on any atom is -1.00 e. The predicted molar refractivity (Wildman–Crippen MR) is 149 cm³/mol. The molecule has 5 aromatic rings. The zero-order valence-electron chi connectivity index (χ0n) is 21.0. The van der Waals surface area contributed by atoms with Crippen LogP contribution >= 0.6 is 0 Å². The van der Waals surface area contributed by atoms with Gasteiger partial charge >= 0.3 is 55.5 Å². The van der Waals surface area contributed by atoms with E-state index in [4.69, 9.17) is 0 Å². The number of fused-ring (bicyclic) bond motifs is 2. The van der Waals surface area contributed by atoms with Gasteiger partial charge in [-0.3, -0.25) is 0 Å². The van der Waals surface area contributed by atoms with Crippen molar-refractivity contribution in [1.82, 2.24) is 0 Å². The van der Waals surface area contributed by atoms with Gasteiger partial charge in [-0.2, -0.15) is 12.1 Å². The molecule has 0 aromatic heterocycles. The Bertz CT molecular complexity index is 1430. The van der Waals surface area contributed by atoms with E-state index in [2.05, 4.69) is 111 Å². The fraction of sp³-hybridized carbons (Fsp3) is 0.226. The zero-order chi connectivity index (χ0) is 23.3. The maximum atomic E-state index is 2.26. The first-order chi connectivity index (χ1) is 16.7. The second kappa shape index (κ2) is 14.1. The van der Waals surface area contributed by atoms with Gasteiger partial charge in [-0.25, -0.2) is 0 Å². The first kappa shape index (κ1) is 29.3. The Hall–Kier alpha value is -1.22. The number of hydrogen-bond acceptors (Lipinski definition) is 0. The molecule has 0 atom stereocenters.